The Labute approximate surface area is 105 Å². The highest BCUT2D eigenvalue weighted by atomic mass is 16.4. The van der Waals surface area contributed by atoms with Crippen LogP contribution in [-0.4, -0.2) is 28.0 Å². The first-order valence-electron chi connectivity index (χ1n) is 5.65. The van der Waals surface area contributed by atoms with E-state index in [0.717, 1.165) is 0 Å². The summed E-state index contributed by atoms with van der Waals surface area (Å²) in [4.78, 5) is 26.5. The molecule has 1 unspecified atom stereocenters. The van der Waals surface area contributed by atoms with Crippen molar-refractivity contribution >= 4 is 17.6 Å². The van der Waals surface area contributed by atoms with E-state index in [1.54, 1.807) is 12.1 Å². The van der Waals surface area contributed by atoms with E-state index < -0.39 is 17.9 Å². The van der Waals surface area contributed by atoms with Crippen molar-refractivity contribution in [3.63, 3.8) is 0 Å². The van der Waals surface area contributed by atoms with Gasteiger partial charge in [0.15, 0.2) is 5.69 Å². The van der Waals surface area contributed by atoms with Crippen molar-refractivity contribution in [1.82, 2.24) is 10.3 Å². The molecule has 0 spiro atoms. The molecule has 0 saturated carbocycles. The molecule has 6 nitrogen and oxygen atoms in total. The Morgan fingerprint density at radius 2 is 2.17 bits per heavy atom. The van der Waals surface area contributed by atoms with Gasteiger partial charge in [-0.15, -0.1) is 0 Å². The molecule has 0 aliphatic rings. The summed E-state index contributed by atoms with van der Waals surface area (Å²) in [5.74, 6) is -1.40. The van der Waals surface area contributed by atoms with E-state index in [2.05, 4.69) is 10.3 Å². The Morgan fingerprint density at radius 3 is 2.67 bits per heavy atom. The van der Waals surface area contributed by atoms with E-state index in [1.807, 2.05) is 13.8 Å². The number of carboxylic acid groups (broad SMARTS) is 1. The zero-order valence-corrected chi connectivity index (χ0v) is 10.4. The Bertz CT molecular complexity index is 446. The normalized spacial score (nSPS) is 12.2. The van der Waals surface area contributed by atoms with Gasteiger partial charge in [-0.3, -0.25) is 9.59 Å². The zero-order valence-electron chi connectivity index (χ0n) is 10.4. The maximum atomic E-state index is 11.9. The van der Waals surface area contributed by atoms with E-state index in [0.29, 0.717) is 0 Å². The fourth-order valence-electron chi connectivity index (χ4n) is 1.49. The van der Waals surface area contributed by atoms with Crippen molar-refractivity contribution < 1.29 is 14.7 Å². The van der Waals surface area contributed by atoms with Gasteiger partial charge in [-0.25, -0.2) is 4.98 Å². The van der Waals surface area contributed by atoms with Crippen molar-refractivity contribution in [3.8, 4) is 0 Å². The first-order chi connectivity index (χ1) is 8.41. The highest BCUT2D eigenvalue weighted by Gasteiger charge is 2.21. The summed E-state index contributed by atoms with van der Waals surface area (Å²) in [6, 6.07) is 2.75. The number of nitrogens with one attached hydrogen (secondary N) is 1. The number of amides is 1. The molecular weight excluding hydrogens is 234 g/mol. The molecule has 1 amide bonds. The van der Waals surface area contributed by atoms with Gasteiger partial charge in [0.05, 0.1) is 12.1 Å². The van der Waals surface area contributed by atoms with Gasteiger partial charge in [-0.2, -0.15) is 0 Å². The van der Waals surface area contributed by atoms with E-state index in [4.69, 9.17) is 10.8 Å². The summed E-state index contributed by atoms with van der Waals surface area (Å²) in [6.45, 7) is 3.69. The average Bonchev–Trinajstić information content (AvgIpc) is 2.27. The Kier molecular flexibility index (Phi) is 4.65. The fraction of sp³-hybridized carbons (Fsp3) is 0.417. The number of anilines is 1. The van der Waals surface area contributed by atoms with Gasteiger partial charge in [0.2, 0.25) is 0 Å². The van der Waals surface area contributed by atoms with E-state index in [1.165, 1.54) is 6.20 Å². The maximum Gasteiger partial charge on any atom is 0.305 e. The molecule has 0 aliphatic carbocycles. The SMILES string of the molecule is CC(C)C(CC(=O)O)NC(=O)c1ncccc1N. The highest BCUT2D eigenvalue weighted by molar-refractivity contribution is 5.97. The molecule has 0 fully saturated rings. The zero-order chi connectivity index (χ0) is 13.7. The van der Waals surface area contributed by atoms with Crippen molar-refractivity contribution in [2.24, 2.45) is 5.92 Å². The molecule has 6 heteroatoms. The molecular formula is C12H17N3O3. The molecule has 0 bridgehead atoms. The van der Waals surface area contributed by atoms with Gasteiger partial charge in [-0.05, 0) is 18.1 Å². The van der Waals surface area contributed by atoms with Gasteiger partial charge in [0.1, 0.15) is 0 Å². The standard InChI is InChI=1S/C12H17N3O3/c1-7(2)9(6-10(16)17)15-12(18)11-8(13)4-3-5-14-11/h3-5,7,9H,6,13H2,1-2H3,(H,15,18)(H,16,17). The number of nitrogens with zero attached hydrogens (tertiary/aromatic N) is 1. The number of carboxylic acids is 1. The summed E-state index contributed by atoms with van der Waals surface area (Å²) in [7, 11) is 0. The molecule has 0 radical (unpaired) electrons. The van der Waals surface area contributed by atoms with Crippen LogP contribution in [0.4, 0.5) is 5.69 Å². The summed E-state index contributed by atoms with van der Waals surface area (Å²) in [5.41, 5.74) is 6.03. The molecule has 4 N–H and O–H groups in total. The summed E-state index contributed by atoms with van der Waals surface area (Å²) in [5, 5.41) is 11.4. The second kappa shape index (κ2) is 6.00. The van der Waals surface area contributed by atoms with Crippen LogP contribution in [0.5, 0.6) is 0 Å². The van der Waals surface area contributed by atoms with Crippen LogP contribution in [0.3, 0.4) is 0 Å². The number of pyridine rings is 1. The summed E-state index contributed by atoms with van der Waals surface area (Å²) >= 11 is 0. The largest absolute Gasteiger partial charge is 0.481 e. The minimum Gasteiger partial charge on any atom is -0.481 e. The molecule has 98 valence electrons. The van der Waals surface area contributed by atoms with Crippen LogP contribution in [0, 0.1) is 5.92 Å². The minimum absolute atomic E-state index is 0.00925. The molecule has 1 rings (SSSR count). The highest BCUT2D eigenvalue weighted by Crippen LogP contribution is 2.10. The number of rotatable bonds is 5. The number of aromatic nitrogens is 1. The number of carbonyl (C=O) groups is 2. The minimum atomic E-state index is -0.956. The third-order valence-corrected chi connectivity index (χ3v) is 2.57. The Hall–Kier alpha value is -2.11. The number of hydrogen-bond acceptors (Lipinski definition) is 4. The van der Waals surface area contributed by atoms with Crippen LogP contribution in [0.15, 0.2) is 18.3 Å². The van der Waals surface area contributed by atoms with Crippen LogP contribution in [0.2, 0.25) is 0 Å². The molecule has 0 saturated heterocycles. The second-order valence-electron chi connectivity index (χ2n) is 4.36. The molecule has 1 aromatic heterocycles. The number of nitrogens with two attached hydrogens (primary N) is 1. The predicted molar refractivity (Wildman–Crippen MR) is 67.0 cm³/mol. The molecule has 1 aromatic rings. The Balaban J connectivity index is 2.79. The third-order valence-electron chi connectivity index (χ3n) is 2.57. The summed E-state index contributed by atoms with van der Waals surface area (Å²) < 4.78 is 0. The predicted octanol–water partition coefficient (Wildman–Crippen LogP) is 0.893. The van der Waals surface area contributed by atoms with Crippen molar-refractivity contribution in [1.29, 1.82) is 0 Å². The molecule has 1 heterocycles. The van der Waals surface area contributed by atoms with E-state index in [-0.39, 0.29) is 23.7 Å². The topological polar surface area (TPSA) is 105 Å². The molecule has 0 aromatic carbocycles. The van der Waals surface area contributed by atoms with Gasteiger partial charge >= 0.3 is 5.97 Å². The lowest BCUT2D eigenvalue weighted by atomic mass is 10.0. The lowest BCUT2D eigenvalue weighted by molar-refractivity contribution is -0.137. The lowest BCUT2D eigenvalue weighted by Gasteiger charge is -2.20. The van der Waals surface area contributed by atoms with Gasteiger partial charge in [0, 0.05) is 12.2 Å². The number of nitrogen functional groups attached to an aromatic ring is 1. The van der Waals surface area contributed by atoms with E-state index >= 15 is 0 Å². The van der Waals surface area contributed by atoms with Crippen molar-refractivity contribution in [2.45, 2.75) is 26.3 Å². The van der Waals surface area contributed by atoms with Gasteiger partial charge in [-0.1, -0.05) is 13.8 Å². The number of aliphatic carboxylic acids is 1. The number of carbonyl (C=O) groups excluding carboxylic acids is 1. The molecule has 18 heavy (non-hydrogen) atoms. The first-order valence-corrected chi connectivity index (χ1v) is 5.65. The molecule has 1 atom stereocenters. The quantitative estimate of drug-likeness (QED) is 0.720. The second-order valence-corrected chi connectivity index (χ2v) is 4.36. The van der Waals surface area contributed by atoms with Crippen LogP contribution < -0.4 is 11.1 Å². The average molecular weight is 251 g/mol. The third kappa shape index (κ3) is 3.73. The summed E-state index contributed by atoms with van der Waals surface area (Å²) in [6.07, 6.45) is 1.34. The fourth-order valence-corrected chi connectivity index (χ4v) is 1.49. The maximum absolute atomic E-state index is 11.9. The van der Waals surface area contributed by atoms with Gasteiger partial charge < -0.3 is 16.2 Å². The Morgan fingerprint density at radius 1 is 1.50 bits per heavy atom. The van der Waals surface area contributed by atoms with E-state index in [9.17, 15) is 9.59 Å². The van der Waals surface area contributed by atoms with Crippen molar-refractivity contribution in [3.05, 3.63) is 24.0 Å². The van der Waals surface area contributed by atoms with Gasteiger partial charge in [0.25, 0.3) is 5.91 Å². The van der Waals surface area contributed by atoms with Crippen LogP contribution in [0.25, 0.3) is 0 Å². The van der Waals surface area contributed by atoms with Crippen molar-refractivity contribution in [2.75, 3.05) is 5.73 Å². The van der Waals surface area contributed by atoms with Crippen LogP contribution in [0.1, 0.15) is 30.8 Å². The first kappa shape index (κ1) is 14.0. The monoisotopic (exact) mass is 251 g/mol. The molecule has 0 aliphatic heterocycles. The lowest BCUT2D eigenvalue weighted by Crippen LogP contribution is -2.40. The number of hydrogen-bond donors (Lipinski definition) is 3. The van der Waals surface area contributed by atoms with Crippen LogP contribution in [-0.2, 0) is 4.79 Å². The smallest absolute Gasteiger partial charge is 0.305 e. The van der Waals surface area contributed by atoms with Crippen LogP contribution >= 0.6 is 0 Å².